The summed E-state index contributed by atoms with van der Waals surface area (Å²) >= 11 is 6.14. The largest absolute Gasteiger partial charge is 0.573 e. The minimum Gasteiger partial charge on any atom is -0.406 e. The molecule has 2 aromatic carbocycles. The number of hydrogen-bond donors (Lipinski definition) is 1. The van der Waals surface area contributed by atoms with Crippen LogP contribution in [0.15, 0.2) is 48.5 Å². The van der Waals surface area contributed by atoms with E-state index >= 15 is 0 Å². The average molecular weight is 371 g/mol. The van der Waals surface area contributed by atoms with Crippen LogP contribution in [0.2, 0.25) is 5.02 Å². The molecule has 1 fully saturated rings. The molecule has 0 unspecified atom stereocenters. The lowest BCUT2D eigenvalue weighted by Gasteiger charge is -2.35. The molecule has 1 N–H and O–H groups in total. The van der Waals surface area contributed by atoms with Gasteiger partial charge in [0, 0.05) is 31.2 Å². The lowest BCUT2D eigenvalue weighted by Crippen LogP contribution is -2.45. The van der Waals surface area contributed by atoms with E-state index in [2.05, 4.69) is 15.0 Å². The molecular formula is C18H18ClF3N2O. The number of nitrogens with zero attached hydrogens (tertiary/aromatic N) is 1. The van der Waals surface area contributed by atoms with Gasteiger partial charge in [-0.15, -0.1) is 13.2 Å². The van der Waals surface area contributed by atoms with Crippen LogP contribution >= 0.6 is 11.6 Å². The molecule has 0 spiro atoms. The molecule has 2 aromatic rings. The molecule has 25 heavy (non-hydrogen) atoms. The Bertz CT molecular complexity index is 700. The maximum atomic E-state index is 12.3. The topological polar surface area (TPSA) is 24.5 Å². The molecule has 0 radical (unpaired) electrons. The standard InChI is InChI=1S/C18H18ClF3N2O/c19-15-3-1-2-14(12-15)17(24-10-8-23-9-11-24)13-4-6-16(7-5-13)25-18(20,21)22/h1-7,12,17,23H,8-11H2/t17-/m0/s1. The molecule has 0 aliphatic carbocycles. The third-order valence-electron chi connectivity index (χ3n) is 4.11. The number of nitrogens with one attached hydrogen (secondary N) is 1. The van der Waals surface area contributed by atoms with Crippen molar-refractivity contribution in [2.45, 2.75) is 12.4 Å². The molecule has 1 saturated heterocycles. The third-order valence-corrected chi connectivity index (χ3v) is 4.35. The van der Waals surface area contributed by atoms with Crippen molar-refractivity contribution < 1.29 is 17.9 Å². The van der Waals surface area contributed by atoms with Gasteiger partial charge in [0.05, 0.1) is 6.04 Å². The van der Waals surface area contributed by atoms with E-state index in [9.17, 15) is 13.2 Å². The van der Waals surface area contributed by atoms with Crippen LogP contribution in [0.1, 0.15) is 17.2 Å². The van der Waals surface area contributed by atoms with Crippen molar-refractivity contribution in [1.29, 1.82) is 0 Å². The zero-order valence-corrected chi connectivity index (χ0v) is 14.1. The summed E-state index contributed by atoms with van der Waals surface area (Å²) in [6.07, 6.45) is -4.69. The molecule has 1 aliphatic rings. The molecule has 0 amide bonds. The van der Waals surface area contributed by atoms with Gasteiger partial charge in [-0.05, 0) is 35.4 Å². The van der Waals surface area contributed by atoms with E-state index in [0.29, 0.717) is 5.02 Å². The van der Waals surface area contributed by atoms with Crippen molar-refractivity contribution in [1.82, 2.24) is 10.2 Å². The predicted molar refractivity (Wildman–Crippen MR) is 90.9 cm³/mol. The van der Waals surface area contributed by atoms with Gasteiger partial charge >= 0.3 is 6.36 Å². The summed E-state index contributed by atoms with van der Waals surface area (Å²) in [6.45, 7) is 3.43. The number of hydrogen-bond acceptors (Lipinski definition) is 3. The zero-order valence-electron chi connectivity index (χ0n) is 13.4. The van der Waals surface area contributed by atoms with Crippen molar-refractivity contribution >= 4 is 11.6 Å². The molecule has 1 atom stereocenters. The van der Waals surface area contributed by atoms with Crippen LogP contribution < -0.4 is 10.1 Å². The van der Waals surface area contributed by atoms with Crippen LogP contribution in [0, 0.1) is 0 Å². The number of benzene rings is 2. The highest BCUT2D eigenvalue weighted by Gasteiger charge is 2.31. The Morgan fingerprint density at radius 3 is 2.28 bits per heavy atom. The molecule has 0 bridgehead atoms. The maximum absolute atomic E-state index is 12.3. The van der Waals surface area contributed by atoms with Gasteiger partial charge in [-0.25, -0.2) is 0 Å². The van der Waals surface area contributed by atoms with E-state index in [-0.39, 0.29) is 11.8 Å². The first kappa shape index (κ1) is 18.0. The number of halogens is 4. The van der Waals surface area contributed by atoms with Crippen molar-refractivity contribution in [3.63, 3.8) is 0 Å². The first-order chi connectivity index (χ1) is 11.9. The maximum Gasteiger partial charge on any atom is 0.573 e. The Morgan fingerprint density at radius 2 is 1.68 bits per heavy atom. The summed E-state index contributed by atoms with van der Waals surface area (Å²) in [7, 11) is 0. The Kier molecular flexibility index (Phi) is 5.51. The normalized spacial score (nSPS) is 17.3. The lowest BCUT2D eigenvalue weighted by molar-refractivity contribution is -0.274. The smallest absolute Gasteiger partial charge is 0.406 e. The van der Waals surface area contributed by atoms with Gasteiger partial charge in [0.2, 0.25) is 0 Å². The first-order valence-electron chi connectivity index (χ1n) is 7.98. The first-order valence-corrected chi connectivity index (χ1v) is 8.36. The van der Waals surface area contributed by atoms with Crippen LogP contribution in [-0.4, -0.2) is 37.4 Å². The van der Waals surface area contributed by atoms with Crippen LogP contribution in [-0.2, 0) is 0 Å². The number of alkyl halides is 3. The molecule has 1 heterocycles. The molecule has 134 valence electrons. The highest BCUT2D eigenvalue weighted by Crippen LogP contribution is 2.32. The number of ether oxygens (including phenoxy) is 1. The zero-order chi connectivity index (χ0) is 17.9. The molecule has 0 saturated carbocycles. The monoisotopic (exact) mass is 370 g/mol. The third kappa shape index (κ3) is 4.87. The Hall–Kier alpha value is -1.76. The van der Waals surface area contributed by atoms with E-state index in [4.69, 9.17) is 11.6 Å². The van der Waals surface area contributed by atoms with Gasteiger partial charge in [0.15, 0.2) is 0 Å². The fourth-order valence-electron chi connectivity index (χ4n) is 3.08. The summed E-state index contributed by atoms with van der Waals surface area (Å²) in [5, 5.41) is 3.94. The second-order valence-electron chi connectivity index (χ2n) is 5.86. The summed E-state index contributed by atoms with van der Waals surface area (Å²) in [4.78, 5) is 2.29. The van der Waals surface area contributed by atoms with E-state index in [0.717, 1.165) is 37.3 Å². The summed E-state index contributed by atoms with van der Waals surface area (Å²) in [5.41, 5.74) is 1.91. The quantitative estimate of drug-likeness (QED) is 0.871. The summed E-state index contributed by atoms with van der Waals surface area (Å²) in [5.74, 6) is -0.221. The fourth-order valence-corrected chi connectivity index (χ4v) is 3.28. The Morgan fingerprint density at radius 1 is 1.00 bits per heavy atom. The van der Waals surface area contributed by atoms with Crippen molar-refractivity contribution in [3.8, 4) is 5.75 Å². The Labute approximate surface area is 149 Å². The van der Waals surface area contributed by atoms with Crippen LogP contribution in [0.25, 0.3) is 0 Å². The highest BCUT2D eigenvalue weighted by atomic mass is 35.5. The van der Waals surface area contributed by atoms with Crippen LogP contribution in [0.5, 0.6) is 5.75 Å². The highest BCUT2D eigenvalue weighted by molar-refractivity contribution is 6.30. The molecule has 7 heteroatoms. The van der Waals surface area contributed by atoms with Gasteiger partial charge in [-0.3, -0.25) is 4.90 Å². The van der Waals surface area contributed by atoms with Gasteiger partial charge in [0.25, 0.3) is 0 Å². The number of rotatable bonds is 4. The van der Waals surface area contributed by atoms with Crippen molar-refractivity contribution in [2.75, 3.05) is 26.2 Å². The van der Waals surface area contributed by atoms with Gasteiger partial charge < -0.3 is 10.1 Å². The molecule has 0 aromatic heterocycles. The van der Waals surface area contributed by atoms with Crippen LogP contribution in [0.4, 0.5) is 13.2 Å². The van der Waals surface area contributed by atoms with Gasteiger partial charge in [-0.1, -0.05) is 35.9 Å². The molecule has 1 aliphatic heterocycles. The fraction of sp³-hybridized carbons (Fsp3) is 0.333. The van der Waals surface area contributed by atoms with Crippen molar-refractivity contribution in [3.05, 3.63) is 64.7 Å². The predicted octanol–water partition coefficient (Wildman–Crippen LogP) is 4.23. The van der Waals surface area contributed by atoms with Gasteiger partial charge in [0.1, 0.15) is 5.75 Å². The average Bonchev–Trinajstić information content (AvgIpc) is 2.56. The van der Waals surface area contributed by atoms with Crippen molar-refractivity contribution in [2.24, 2.45) is 0 Å². The van der Waals surface area contributed by atoms with E-state index in [1.807, 2.05) is 18.2 Å². The second kappa shape index (κ2) is 7.64. The molecule has 3 rings (SSSR count). The summed E-state index contributed by atoms with van der Waals surface area (Å²) < 4.78 is 41.0. The minimum atomic E-state index is -4.69. The summed E-state index contributed by atoms with van der Waals surface area (Å²) in [6, 6.07) is 13.6. The second-order valence-corrected chi connectivity index (χ2v) is 6.30. The lowest BCUT2D eigenvalue weighted by atomic mass is 9.96. The van der Waals surface area contributed by atoms with Gasteiger partial charge in [-0.2, -0.15) is 0 Å². The van der Waals surface area contributed by atoms with E-state index in [1.165, 1.54) is 12.1 Å². The number of piperazine rings is 1. The SMILES string of the molecule is FC(F)(F)Oc1ccc([C@@H](c2cccc(Cl)c2)N2CCNCC2)cc1. The molecule has 3 nitrogen and oxygen atoms in total. The Balaban J connectivity index is 1.91. The van der Waals surface area contributed by atoms with Crippen LogP contribution in [0.3, 0.4) is 0 Å². The minimum absolute atomic E-state index is 0.0688. The van der Waals surface area contributed by atoms with E-state index in [1.54, 1.807) is 18.2 Å². The molecular weight excluding hydrogens is 353 g/mol. The van der Waals surface area contributed by atoms with E-state index < -0.39 is 6.36 Å².